The maximum absolute atomic E-state index is 11.3. The Hall–Kier alpha value is -1.30. The van der Waals surface area contributed by atoms with Gasteiger partial charge in [0, 0.05) is 11.8 Å². The van der Waals surface area contributed by atoms with E-state index in [9.17, 15) is 9.59 Å². The maximum atomic E-state index is 11.3. The normalized spacial score (nSPS) is 10.7. The van der Waals surface area contributed by atoms with Gasteiger partial charge in [0.05, 0.1) is 0 Å². The summed E-state index contributed by atoms with van der Waals surface area (Å²) in [6.45, 7) is 2.22. The lowest BCUT2D eigenvalue weighted by Crippen LogP contribution is -2.13. The molecule has 0 amide bonds. The van der Waals surface area contributed by atoms with Gasteiger partial charge in [-0.25, -0.2) is 9.78 Å². The van der Waals surface area contributed by atoms with E-state index in [-0.39, 0.29) is 5.69 Å². The van der Waals surface area contributed by atoms with Gasteiger partial charge < -0.3 is 10.1 Å². The fourth-order valence-electron chi connectivity index (χ4n) is 2.02. The van der Waals surface area contributed by atoms with E-state index in [1.807, 2.05) is 0 Å². The standard InChI is InChI=1S/C15H24N2O3S/c1-2-3-4-5-6-7-8-9-10-21-15-16-12(14(19)20)11-13(18)17-15/h11H,2-10H2,1H3,(H,19,20)(H,16,17,18). The molecule has 0 aromatic carbocycles. The van der Waals surface area contributed by atoms with Crippen LogP contribution in [0, 0.1) is 0 Å². The third-order valence-electron chi connectivity index (χ3n) is 3.18. The Kier molecular flexibility index (Phi) is 8.82. The van der Waals surface area contributed by atoms with Crippen molar-refractivity contribution >= 4 is 17.7 Å². The van der Waals surface area contributed by atoms with Gasteiger partial charge >= 0.3 is 5.97 Å². The van der Waals surface area contributed by atoms with E-state index < -0.39 is 11.5 Å². The van der Waals surface area contributed by atoms with Crippen molar-refractivity contribution in [3.05, 3.63) is 22.1 Å². The van der Waals surface area contributed by atoms with E-state index in [1.165, 1.54) is 56.7 Å². The Morgan fingerprint density at radius 1 is 1.19 bits per heavy atom. The molecule has 118 valence electrons. The summed E-state index contributed by atoms with van der Waals surface area (Å²) < 4.78 is 0. The Morgan fingerprint density at radius 2 is 1.81 bits per heavy atom. The molecule has 0 spiro atoms. The van der Waals surface area contributed by atoms with Crippen LogP contribution >= 0.6 is 11.8 Å². The minimum Gasteiger partial charge on any atom is -0.477 e. The Balaban J connectivity index is 2.18. The number of carbonyl (C=O) groups is 1. The minimum absolute atomic E-state index is 0.197. The Labute approximate surface area is 129 Å². The summed E-state index contributed by atoms with van der Waals surface area (Å²) in [6, 6.07) is 1.00. The van der Waals surface area contributed by atoms with Gasteiger partial charge in [0.1, 0.15) is 0 Å². The van der Waals surface area contributed by atoms with Crippen molar-refractivity contribution in [2.45, 2.75) is 63.4 Å². The molecule has 1 rings (SSSR count). The Bertz CT molecular complexity index is 488. The zero-order valence-corrected chi connectivity index (χ0v) is 13.4. The van der Waals surface area contributed by atoms with Crippen LogP contribution in [0.15, 0.2) is 16.0 Å². The second-order valence-corrected chi connectivity index (χ2v) is 6.15. The predicted molar refractivity (Wildman–Crippen MR) is 85.2 cm³/mol. The molecule has 2 N–H and O–H groups in total. The second kappa shape index (κ2) is 10.4. The molecule has 0 atom stereocenters. The fraction of sp³-hybridized carbons (Fsp3) is 0.667. The number of carboxylic acids is 1. The van der Waals surface area contributed by atoms with Crippen molar-refractivity contribution in [2.24, 2.45) is 0 Å². The molecule has 0 saturated heterocycles. The monoisotopic (exact) mass is 312 g/mol. The number of aromatic amines is 1. The molecule has 0 fully saturated rings. The Morgan fingerprint density at radius 3 is 2.43 bits per heavy atom. The molecule has 0 aliphatic rings. The third kappa shape index (κ3) is 7.90. The van der Waals surface area contributed by atoms with Crippen molar-refractivity contribution in [1.29, 1.82) is 0 Å². The molecule has 0 bridgehead atoms. The average Bonchev–Trinajstić information content (AvgIpc) is 2.45. The molecule has 6 heteroatoms. The molecule has 5 nitrogen and oxygen atoms in total. The number of aromatic carboxylic acids is 1. The van der Waals surface area contributed by atoms with Crippen LogP contribution < -0.4 is 5.56 Å². The first-order valence-corrected chi connectivity index (χ1v) is 8.59. The highest BCUT2D eigenvalue weighted by molar-refractivity contribution is 7.99. The zero-order chi connectivity index (χ0) is 15.5. The van der Waals surface area contributed by atoms with Crippen LogP contribution in [0.3, 0.4) is 0 Å². The lowest BCUT2D eigenvalue weighted by Gasteiger charge is -2.03. The number of thioether (sulfide) groups is 1. The molecule has 0 aliphatic heterocycles. The van der Waals surface area contributed by atoms with Crippen molar-refractivity contribution < 1.29 is 9.90 Å². The van der Waals surface area contributed by atoms with Gasteiger partial charge in [-0.05, 0) is 6.42 Å². The maximum Gasteiger partial charge on any atom is 0.354 e. The van der Waals surface area contributed by atoms with Crippen molar-refractivity contribution in [1.82, 2.24) is 9.97 Å². The first kappa shape index (κ1) is 17.8. The highest BCUT2D eigenvalue weighted by Gasteiger charge is 2.08. The van der Waals surface area contributed by atoms with Crippen LogP contribution in [0.5, 0.6) is 0 Å². The number of unbranched alkanes of at least 4 members (excludes halogenated alkanes) is 7. The lowest BCUT2D eigenvalue weighted by molar-refractivity contribution is 0.0689. The van der Waals surface area contributed by atoms with Gasteiger partial charge in [0.25, 0.3) is 5.56 Å². The van der Waals surface area contributed by atoms with Gasteiger partial charge in [-0.3, -0.25) is 4.79 Å². The molecule has 0 saturated carbocycles. The smallest absolute Gasteiger partial charge is 0.354 e. The fourth-order valence-corrected chi connectivity index (χ4v) is 2.90. The van der Waals surface area contributed by atoms with Crippen molar-refractivity contribution in [3.63, 3.8) is 0 Å². The van der Waals surface area contributed by atoms with Crippen LogP contribution in [0.4, 0.5) is 0 Å². The largest absolute Gasteiger partial charge is 0.477 e. The van der Waals surface area contributed by atoms with E-state index in [4.69, 9.17) is 5.11 Å². The van der Waals surface area contributed by atoms with Gasteiger partial charge in [0.15, 0.2) is 10.9 Å². The topological polar surface area (TPSA) is 83.0 Å². The second-order valence-electron chi connectivity index (χ2n) is 5.06. The van der Waals surface area contributed by atoms with Crippen LogP contribution in [0.2, 0.25) is 0 Å². The summed E-state index contributed by atoms with van der Waals surface area (Å²) in [5.41, 5.74) is -0.613. The summed E-state index contributed by atoms with van der Waals surface area (Å²) in [5.74, 6) is -0.323. The molecule has 21 heavy (non-hydrogen) atoms. The number of nitrogens with zero attached hydrogens (tertiary/aromatic N) is 1. The molecular formula is C15H24N2O3S. The highest BCUT2D eigenvalue weighted by atomic mass is 32.2. The number of H-pyrrole nitrogens is 1. The summed E-state index contributed by atoms with van der Waals surface area (Å²) >= 11 is 1.41. The third-order valence-corrected chi connectivity index (χ3v) is 4.14. The SMILES string of the molecule is CCCCCCCCCCSc1nc(C(=O)O)cc(=O)[nH]1. The number of aromatic nitrogens is 2. The zero-order valence-electron chi connectivity index (χ0n) is 12.6. The number of hydrogen-bond acceptors (Lipinski definition) is 4. The molecule has 0 aliphatic carbocycles. The van der Waals surface area contributed by atoms with E-state index >= 15 is 0 Å². The first-order chi connectivity index (χ1) is 10.1. The van der Waals surface area contributed by atoms with E-state index in [0.717, 1.165) is 18.2 Å². The van der Waals surface area contributed by atoms with Gasteiger partial charge in [-0.1, -0.05) is 63.6 Å². The van der Waals surface area contributed by atoms with E-state index in [1.54, 1.807) is 0 Å². The number of carboxylic acid groups (broad SMARTS) is 1. The van der Waals surface area contributed by atoms with Crippen molar-refractivity contribution in [2.75, 3.05) is 5.75 Å². The summed E-state index contributed by atoms with van der Waals surface area (Å²) in [5, 5.41) is 9.23. The minimum atomic E-state index is -1.17. The van der Waals surface area contributed by atoms with E-state index in [2.05, 4.69) is 16.9 Å². The molecule has 1 aromatic heterocycles. The first-order valence-electron chi connectivity index (χ1n) is 7.61. The van der Waals surface area contributed by atoms with Crippen LogP contribution in [-0.4, -0.2) is 26.8 Å². The number of hydrogen-bond donors (Lipinski definition) is 2. The summed E-state index contributed by atoms with van der Waals surface area (Å²) in [7, 11) is 0. The predicted octanol–water partition coefficient (Wildman–Crippen LogP) is 3.70. The van der Waals surface area contributed by atoms with Gasteiger partial charge in [-0.15, -0.1) is 0 Å². The van der Waals surface area contributed by atoms with Crippen LogP contribution in [0.1, 0.15) is 68.8 Å². The molecular weight excluding hydrogens is 288 g/mol. The number of nitrogens with one attached hydrogen (secondary N) is 1. The van der Waals surface area contributed by atoms with Gasteiger partial charge in [-0.2, -0.15) is 0 Å². The quantitative estimate of drug-likeness (QED) is 0.370. The highest BCUT2D eigenvalue weighted by Crippen LogP contribution is 2.15. The van der Waals surface area contributed by atoms with Crippen LogP contribution in [-0.2, 0) is 0 Å². The summed E-state index contributed by atoms with van der Waals surface area (Å²) in [6.07, 6.45) is 10.0. The molecule has 1 heterocycles. The molecule has 0 radical (unpaired) electrons. The number of rotatable bonds is 11. The lowest BCUT2D eigenvalue weighted by atomic mass is 10.1. The average molecular weight is 312 g/mol. The molecule has 0 unspecified atom stereocenters. The van der Waals surface area contributed by atoms with Crippen molar-refractivity contribution in [3.8, 4) is 0 Å². The summed E-state index contributed by atoms with van der Waals surface area (Å²) in [4.78, 5) is 28.6. The molecule has 1 aromatic rings. The van der Waals surface area contributed by atoms with E-state index in [0.29, 0.717) is 5.16 Å². The van der Waals surface area contributed by atoms with Gasteiger partial charge in [0.2, 0.25) is 0 Å². The van der Waals surface area contributed by atoms with Crippen LogP contribution in [0.25, 0.3) is 0 Å².